The van der Waals surface area contributed by atoms with Gasteiger partial charge in [0.05, 0.1) is 10.7 Å². The van der Waals surface area contributed by atoms with Gasteiger partial charge in [-0.05, 0) is 19.3 Å². The van der Waals surface area contributed by atoms with Crippen molar-refractivity contribution in [3.05, 3.63) is 16.1 Å². The Balaban J connectivity index is 1.84. The van der Waals surface area contributed by atoms with E-state index in [1.165, 1.54) is 31.4 Å². The van der Waals surface area contributed by atoms with E-state index in [0.717, 1.165) is 17.3 Å². The standard InChI is InChI=1S/C11H19N3S/c1-8-13-11(7-15-8)6-10(14-12)5-9-3-2-4-9/h7,9-10,14H,2-6,12H2,1H3. The third-order valence-electron chi connectivity index (χ3n) is 3.20. The predicted octanol–water partition coefficient (Wildman–Crippen LogP) is 2.02. The van der Waals surface area contributed by atoms with Gasteiger partial charge in [-0.2, -0.15) is 0 Å². The second-order valence-electron chi connectivity index (χ2n) is 4.46. The van der Waals surface area contributed by atoms with E-state index in [1.54, 1.807) is 11.3 Å². The number of hydrogen-bond donors (Lipinski definition) is 2. The summed E-state index contributed by atoms with van der Waals surface area (Å²) < 4.78 is 0. The van der Waals surface area contributed by atoms with Gasteiger partial charge < -0.3 is 0 Å². The molecular formula is C11H19N3S. The molecule has 1 unspecified atom stereocenters. The van der Waals surface area contributed by atoms with Crippen LogP contribution in [0.1, 0.15) is 36.4 Å². The number of hydrogen-bond acceptors (Lipinski definition) is 4. The molecule has 1 atom stereocenters. The molecule has 0 spiro atoms. The second kappa shape index (κ2) is 5.05. The number of hydrazine groups is 1. The van der Waals surface area contributed by atoms with Crippen molar-refractivity contribution >= 4 is 11.3 Å². The summed E-state index contributed by atoms with van der Waals surface area (Å²) in [5, 5.41) is 3.28. The first-order valence-electron chi connectivity index (χ1n) is 5.65. The smallest absolute Gasteiger partial charge is 0.0897 e. The molecule has 0 amide bonds. The van der Waals surface area contributed by atoms with Crippen LogP contribution in [0.2, 0.25) is 0 Å². The number of rotatable bonds is 5. The molecule has 15 heavy (non-hydrogen) atoms. The maximum atomic E-state index is 5.58. The molecule has 0 aliphatic heterocycles. The first-order valence-corrected chi connectivity index (χ1v) is 6.53. The molecule has 4 heteroatoms. The Morgan fingerprint density at radius 1 is 1.67 bits per heavy atom. The fourth-order valence-electron chi connectivity index (χ4n) is 2.10. The van der Waals surface area contributed by atoms with Crippen molar-refractivity contribution in [1.82, 2.24) is 10.4 Å². The SMILES string of the molecule is Cc1nc(CC(CC2CCC2)NN)cs1. The number of nitrogens with one attached hydrogen (secondary N) is 1. The Hall–Kier alpha value is -0.450. The maximum absolute atomic E-state index is 5.58. The Bertz CT molecular complexity index is 307. The summed E-state index contributed by atoms with van der Waals surface area (Å²) in [6.07, 6.45) is 6.34. The van der Waals surface area contributed by atoms with Crippen molar-refractivity contribution in [2.24, 2.45) is 11.8 Å². The molecule has 1 saturated carbocycles. The Kier molecular flexibility index (Phi) is 3.72. The summed E-state index contributed by atoms with van der Waals surface area (Å²) >= 11 is 1.72. The average molecular weight is 225 g/mol. The molecule has 1 aromatic rings. The minimum atomic E-state index is 0.400. The van der Waals surface area contributed by atoms with E-state index in [9.17, 15) is 0 Å². The van der Waals surface area contributed by atoms with Crippen molar-refractivity contribution in [3.8, 4) is 0 Å². The highest BCUT2D eigenvalue weighted by Crippen LogP contribution is 2.30. The van der Waals surface area contributed by atoms with Crippen LogP contribution in [0.5, 0.6) is 0 Å². The summed E-state index contributed by atoms with van der Waals surface area (Å²) in [5.74, 6) is 6.47. The quantitative estimate of drug-likeness (QED) is 0.595. The van der Waals surface area contributed by atoms with E-state index in [-0.39, 0.29) is 0 Å². The van der Waals surface area contributed by atoms with E-state index in [4.69, 9.17) is 5.84 Å². The van der Waals surface area contributed by atoms with Gasteiger partial charge in [0.15, 0.2) is 0 Å². The van der Waals surface area contributed by atoms with Crippen LogP contribution in [-0.2, 0) is 6.42 Å². The van der Waals surface area contributed by atoms with Gasteiger partial charge in [0.1, 0.15) is 0 Å². The van der Waals surface area contributed by atoms with Gasteiger partial charge >= 0.3 is 0 Å². The van der Waals surface area contributed by atoms with Crippen LogP contribution in [0.15, 0.2) is 5.38 Å². The normalized spacial score (nSPS) is 18.8. The zero-order valence-corrected chi connectivity index (χ0v) is 10.0. The van der Waals surface area contributed by atoms with Crippen LogP contribution in [0, 0.1) is 12.8 Å². The number of thiazole rings is 1. The summed E-state index contributed by atoms with van der Waals surface area (Å²) in [4.78, 5) is 4.47. The molecule has 0 bridgehead atoms. The van der Waals surface area contributed by atoms with Gasteiger partial charge in [0.2, 0.25) is 0 Å². The van der Waals surface area contributed by atoms with E-state index in [0.29, 0.717) is 6.04 Å². The Morgan fingerprint density at radius 3 is 2.93 bits per heavy atom. The maximum Gasteiger partial charge on any atom is 0.0897 e. The molecule has 3 N–H and O–H groups in total. The zero-order valence-electron chi connectivity index (χ0n) is 9.20. The number of aryl methyl sites for hydroxylation is 1. The lowest BCUT2D eigenvalue weighted by molar-refractivity contribution is 0.259. The predicted molar refractivity (Wildman–Crippen MR) is 63.6 cm³/mol. The molecule has 1 aromatic heterocycles. The third kappa shape index (κ3) is 3.00. The van der Waals surface area contributed by atoms with E-state index < -0.39 is 0 Å². The summed E-state index contributed by atoms with van der Waals surface area (Å²) in [5.41, 5.74) is 4.10. The number of nitrogens with zero attached hydrogens (tertiary/aromatic N) is 1. The summed E-state index contributed by atoms with van der Waals surface area (Å²) in [7, 11) is 0. The lowest BCUT2D eigenvalue weighted by Crippen LogP contribution is -2.39. The molecule has 1 aliphatic carbocycles. The first-order chi connectivity index (χ1) is 7.28. The molecule has 1 fully saturated rings. The highest BCUT2D eigenvalue weighted by Gasteiger charge is 2.22. The molecule has 2 rings (SSSR count). The minimum absolute atomic E-state index is 0.400. The van der Waals surface area contributed by atoms with E-state index in [2.05, 4.69) is 15.8 Å². The van der Waals surface area contributed by atoms with Crippen molar-refractivity contribution in [1.29, 1.82) is 0 Å². The molecule has 0 saturated heterocycles. The zero-order chi connectivity index (χ0) is 10.7. The molecule has 3 nitrogen and oxygen atoms in total. The van der Waals surface area contributed by atoms with Gasteiger partial charge in [0, 0.05) is 17.8 Å². The lowest BCUT2D eigenvalue weighted by Gasteiger charge is -2.29. The fraction of sp³-hybridized carbons (Fsp3) is 0.727. The van der Waals surface area contributed by atoms with Crippen LogP contribution < -0.4 is 11.3 Å². The molecule has 1 heterocycles. The first kappa shape index (κ1) is 11.0. The van der Waals surface area contributed by atoms with Gasteiger partial charge in [-0.25, -0.2) is 4.98 Å². The van der Waals surface area contributed by atoms with Crippen LogP contribution >= 0.6 is 11.3 Å². The third-order valence-corrected chi connectivity index (χ3v) is 4.02. The van der Waals surface area contributed by atoms with Crippen LogP contribution in [-0.4, -0.2) is 11.0 Å². The van der Waals surface area contributed by atoms with E-state index in [1.807, 2.05) is 6.92 Å². The average Bonchev–Trinajstić information content (AvgIpc) is 2.55. The Labute approximate surface area is 95.1 Å². The number of aromatic nitrogens is 1. The van der Waals surface area contributed by atoms with Gasteiger partial charge in [-0.15, -0.1) is 11.3 Å². The van der Waals surface area contributed by atoms with Crippen molar-refractivity contribution < 1.29 is 0 Å². The fourth-order valence-corrected chi connectivity index (χ4v) is 2.72. The van der Waals surface area contributed by atoms with Crippen molar-refractivity contribution in [2.75, 3.05) is 0 Å². The Morgan fingerprint density at radius 2 is 2.47 bits per heavy atom. The van der Waals surface area contributed by atoms with Crippen molar-refractivity contribution in [2.45, 2.75) is 45.1 Å². The molecule has 0 radical (unpaired) electrons. The van der Waals surface area contributed by atoms with Gasteiger partial charge in [-0.3, -0.25) is 11.3 Å². The van der Waals surface area contributed by atoms with Gasteiger partial charge in [-0.1, -0.05) is 19.3 Å². The largest absolute Gasteiger partial charge is 0.271 e. The molecule has 1 aliphatic rings. The highest BCUT2D eigenvalue weighted by atomic mass is 32.1. The van der Waals surface area contributed by atoms with Crippen LogP contribution in [0.4, 0.5) is 0 Å². The summed E-state index contributed by atoms with van der Waals surface area (Å²) in [6, 6.07) is 0.400. The molecule has 0 aromatic carbocycles. The topological polar surface area (TPSA) is 50.9 Å². The minimum Gasteiger partial charge on any atom is -0.271 e. The molecule has 84 valence electrons. The number of nitrogens with two attached hydrogens (primary N) is 1. The summed E-state index contributed by atoms with van der Waals surface area (Å²) in [6.45, 7) is 2.05. The van der Waals surface area contributed by atoms with Crippen LogP contribution in [0.3, 0.4) is 0 Å². The lowest BCUT2D eigenvalue weighted by atomic mass is 9.80. The van der Waals surface area contributed by atoms with Crippen molar-refractivity contribution in [3.63, 3.8) is 0 Å². The highest BCUT2D eigenvalue weighted by molar-refractivity contribution is 7.09. The second-order valence-corrected chi connectivity index (χ2v) is 5.52. The molecular weight excluding hydrogens is 206 g/mol. The van der Waals surface area contributed by atoms with Crippen LogP contribution in [0.25, 0.3) is 0 Å². The van der Waals surface area contributed by atoms with E-state index >= 15 is 0 Å². The van der Waals surface area contributed by atoms with Gasteiger partial charge in [0.25, 0.3) is 0 Å². The monoisotopic (exact) mass is 225 g/mol.